The Balaban J connectivity index is 1.52. The molecule has 29 heavy (non-hydrogen) atoms. The molecule has 1 aliphatic heterocycles. The summed E-state index contributed by atoms with van der Waals surface area (Å²) in [6.45, 7) is 3.23. The fourth-order valence-electron chi connectivity index (χ4n) is 3.86. The molecular formula is C22H24N4O3. The molecule has 0 spiro atoms. The summed E-state index contributed by atoms with van der Waals surface area (Å²) in [6.07, 6.45) is 1.49. The summed E-state index contributed by atoms with van der Waals surface area (Å²) in [4.78, 5) is 27.1. The molecule has 1 aliphatic rings. The van der Waals surface area contributed by atoms with E-state index in [-0.39, 0.29) is 17.5 Å². The van der Waals surface area contributed by atoms with Crippen LogP contribution in [0.15, 0.2) is 53.3 Å². The molecule has 7 heteroatoms. The lowest BCUT2D eigenvalue weighted by Gasteiger charge is -2.32. The van der Waals surface area contributed by atoms with E-state index in [1.54, 1.807) is 23.8 Å². The van der Waals surface area contributed by atoms with Crippen molar-refractivity contribution in [3.8, 4) is 11.4 Å². The molecule has 1 saturated heterocycles. The van der Waals surface area contributed by atoms with Crippen LogP contribution >= 0.6 is 0 Å². The van der Waals surface area contributed by atoms with E-state index in [2.05, 4.69) is 10.2 Å². The van der Waals surface area contributed by atoms with Gasteiger partial charge in [-0.2, -0.15) is 5.10 Å². The SMILES string of the molecule is COc1ccccc1C(=O)N1CCC(c2n[nH]c(=O)n2-c2ccc(C)cc2)CC1. The van der Waals surface area contributed by atoms with Gasteiger partial charge in [-0.15, -0.1) is 0 Å². The van der Waals surface area contributed by atoms with Crippen LogP contribution in [-0.4, -0.2) is 45.8 Å². The molecule has 1 aromatic heterocycles. The number of para-hydroxylation sites is 1. The number of carbonyl (C=O) groups excluding carboxylic acids is 1. The Hall–Kier alpha value is -3.35. The normalized spacial score (nSPS) is 14.8. The second-order valence-corrected chi connectivity index (χ2v) is 7.32. The zero-order valence-electron chi connectivity index (χ0n) is 16.6. The van der Waals surface area contributed by atoms with Gasteiger partial charge < -0.3 is 9.64 Å². The predicted octanol–water partition coefficient (Wildman–Crippen LogP) is 2.90. The Labute approximate surface area is 168 Å². The van der Waals surface area contributed by atoms with Crippen LogP contribution in [0.2, 0.25) is 0 Å². The summed E-state index contributed by atoms with van der Waals surface area (Å²) in [7, 11) is 1.57. The maximum Gasteiger partial charge on any atom is 0.347 e. The average molecular weight is 392 g/mol. The van der Waals surface area contributed by atoms with Crippen molar-refractivity contribution in [2.24, 2.45) is 0 Å². The number of piperidine rings is 1. The molecule has 150 valence electrons. The van der Waals surface area contributed by atoms with E-state index in [0.717, 1.165) is 29.9 Å². The summed E-state index contributed by atoms with van der Waals surface area (Å²) < 4.78 is 6.96. The standard InChI is InChI=1S/C22H24N4O3/c1-15-7-9-17(10-8-15)26-20(23-24-22(26)28)16-11-13-25(14-12-16)21(27)18-5-3-4-6-19(18)29-2/h3-10,16H,11-14H2,1-2H3,(H,24,28). The van der Waals surface area contributed by atoms with Crippen molar-refractivity contribution >= 4 is 5.91 Å². The van der Waals surface area contributed by atoms with Crippen molar-refractivity contribution in [2.75, 3.05) is 20.2 Å². The lowest BCUT2D eigenvalue weighted by atomic mass is 9.95. The van der Waals surface area contributed by atoms with Crippen molar-refractivity contribution < 1.29 is 9.53 Å². The fraction of sp³-hybridized carbons (Fsp3) is 0.318. The molecule has 1 amide bonds. The summed E-state index contributed by atoms with van der Waals surface area (Å²) >= 11 is 0. The zero-order chi connectivity index (χ0) is 20.4. The quantitative estimate of drug-likeness (QED) is 0.740. The van der Waals surface area contributed by atoms with Crippen LogP contribution in [0.25, 0.3) is 5.69 Å². The number of aromatic amines is 1. The number of aryl methyl sites for hydroxylation is 1. The molecule has 1 fully saturated rings. The highest BCUT2D eigenvalue weighted by molar-refractivity contribution is 5.97. The van der Waals surface area contributed by atoms with Gasteiger partial charge in [-0.25, -0.2) is 14.5 Å². The number of rotatable bonds is 4. The highest BCUT2D eigenvalue weighted by atomic mass is 16.5. The second-order valence-electron chi connectivity index (χ2n) is 7.32. The lowest BCUT2D eigenvalue weighted by Crippen LogP contribution is -2.38. The predicted molar refractivity (Wildman–Crippen MR) is 110 cm³/mol. The van der Waals surface area contributed by atoms with Crippen LogP contribution in [0, 0.1) is 6.92 Å². The van der Waals surface area contributed by atoms with Crippen LogP contribution in [0.1, 0.15) is 40.5 Å². The Morgan fingerprint density at radius 1 is 1.10 bits per heavy atom. The molecule has 0 unspecified atom stereocenters. The van der Waals surface area contributed by atoms with E-state index < -0.39 is 0 Å². The average Bonchev–Trinajstić information content (AvgIpc) is 3.15. The van der Waals surface area contributed by atoms with Gasteiger partial charge in [0.2, 0.25) is 0 Å². The Morgan fingerprint density at radius 3 is 2.48 bits per heavy atom. The lowest BCUT2D eigenvalue weighted by molar-refractivity contribution is 0.0707. The largest absolute Gasteiger partial charge is 0.496 e. The molecule has 3 aromatic rings. The van der Waals surface area contributed by atoms with Gasteiger partial charge in [0.05, 0.1) is 18.4 Å². The first-order valence-electron chi connectivity index (χ1n) is 9.75. The van der Waals surface area contributed by atoms with Crippen molar-refractivity contribution in [3.05, 3.63) is 76.0 Å². The molecule has 1 N–H and O–H groups in total. The van der Waals surface area contributed by atoms with Gasteiger partial charge >= 0.3 is 5.69 Å². The van der Waals surface area contributed by atoms with Crippen LogP contribution in [0.5, 0.6) is 5.75 Å². The van der Waals surface area contributed by atoms with Crippen molar-refractivity contribution in [1.29, 1.82) is 0 Å². The first-order chi connectivity index (χ1) is 14.1. The number of nitrogens with zero attached hydrogens (tertiary/aromatic N) is 3. The van der Waals surface area contributed by atoms with E-state index in [1.165, 1.54) is 0 Å². The minimum Gasteiger partial charge on any atom is -0.496 e. The van der Waals surface area contributed by atoms with Crippen molar-refractivity contribution in [3.63, 3.8) is 0 Å². The van der Waals surface area contributed by atoms with Gasteiger partial charge in [0.15, 0.2) is 0 Å². The maximum absolute atomic E-state index is 12.9. The summed E-state index contributed by atoms with van der Waals surface area (Å²) in [5, 5.41) is 6.88. The van der Waals surface area contributed by atoms with Gasteiger partial charge in [0, 0.05) is 19.0 Å². The monoisotopic (exact) mass is 392 g/mol. The molecule has 4 rings (SSSR count). The third-order valence-corrected chi connectivity index (χ3v) is 5.48. The fourth-order valence-corrected chi connectivity index (χ4v) is 3.86. The van der Waals surface area contributed by atoms with Crippen LogP contribution in [0.4, 0.5) is 0 Å². The first-order valence-corrected chi connectivity index (χ1v) is 9.75. The highest BCUT2D eigenvalue weighted by Gasteiger charge is 2.29. The van der Waals surface area contributed by atoms with Gasteiger partial charge in [-0.05, 0) is 44.0 Å². The van der Waals surface area contributed by atoms with Crippen LogP contribution < -0.4 is 10.4 Å². The Morgan fingerprint density at radius 2 is 1.79 bits per heavy atom. The molecule has 7 nitrogen and oxygen atoms in total. The van der Waals surface area contributed by atoms with E-state index in [4.69, 9.17) is 4.74 Å². The molecule has 0 radical (unpaired) electrons. The van der Waals surface area contributed by atoms with E-state index >= 15 is 0 Å². The number of likely N-dealkylation sites (tertiary alicyclic amines) is 1. The van der Waals surface area contributed by atoms with Crippen LogP contribution in [-0.2, 0) is 0 Å². The number of H-pyrrole nitrogens is 1. The van der Waals surface area contributed by atoms with Gasteiger partial charge in [-0.1, -0.05) is 29.8 Å². The topological polar surface area (TPSA) is 80.2 Å². The minimum atomic E-state index is -0.239. The summed E-state index contributed by atoms with van der Waals surface area (Å²) in [5.74, 6) is 1.39. The number of ether oxygens (including phenoxy) is 1. The van der Waals surface area contributed by atoms with Gasteiger partial charge in [0.25, 0.3) is 5.91 Å². The number of benzene rings is 2. The maximum atomic E-state index is 12.9. The Kier molecular flexibility index (Phi) is 5.20. The molecule has 2 aromatic carbocycles. The molecule has 0 aliphatic carbocycles. The summed E-state index contributed by atoms with van der Waals surface area (Å²) in [6, 6.07) is 15.1. The van der Waals surface area contributed by atoms with Crippen molar-refractivity contribution in [1.82, 2.24) is 19.7 Å². The third kappa shape index (κ3) is 3.68. The number of nitrogens with one attached hydrogen (secondary N) is 1. The number of hydrogen-bond acceptors (Lipinski definition) is 4. The molecule has 0 saturated carbocycles. The van der Waals surface area contributed by atoms with Crippen molar-refractivity contribution in [2.45, 2.75) is 25.7 Å². The van der Waals surface area contributed by atoms with Gasteiger partial charge in [-0.3, -0.25) is 4.79 Å². The molecular weight excluding hydrogens is 368 g/mol. The number of carbonyl (C=O) groups is 1. The smallest absolute Gasteiger partial charge is 0.347 e. The molecule has 0 atom stereocenters. The first kappa shape index (κ1) is 19.0. The Bertz CT molecular complexity index is 1060. The second kappa shape index (κ2) is 7.95. The number of amides is 1. The van der Waals surface area contributed by atoms with E-state index in [0.29, 0.717) is 24.4 Å². The highest BCUT2D eigenvalue weighted by Crippen LogP contribution is 2.29. The van der Waals surface area contributed by atoms with E-state index in [1.807, 2.05) is 48.2 Å². The zero-order valence-corrected chi connectivity index (χ0v) is 16.6. The molecule has 0 bridgehead atoms. The van der Waals surface area contributed by atoms with Gasteiger partial charge in [0.1, 0.15) is 11.6 Å². The number of aromatic nitrogens is 3. The number of hydrogen-bond donors (Lipinski definition) is 1. The van der Waals surface area contributed by atoms with Crippen LogP contribution in [0.3, 0.4) is 0 Å². The third-order valence-electron chi connectivity index (χ3n) is 5.48. The van der Waals surface area contributed by atoms with E-state index in [9.17, 15) is 9.59 Å². The summed E-state index contributed by atoms with van der Waals surface area (Å²) in [5.41, 5.74) is 2.27. The minimum absolute atomic E-state index is 0.0288. The molecule has 2 heterocycles. The number of methoxy groups -OCH3 is 1.